The average molecular weight is 341 g/mol. The molecule has 1 aliphatic heterocycles. The van der Waals surface area contributed by atoms with Crippen molar-refractivity contribution in [1.29, 1.82) is 0 Å². The van der Waals surface area contributed by atoms with E-state index in [2.05, 4.69) is 31.0 Å². The molecule has 0 aromatic heterocycles. The van der Waals surface area contributed by atoms with E-state index in [0.29, 0.717) is 17.6 Å². The van der Waals surface area contributed by atoms with Crippen LogP contribution in [0.2, 0.25) is 0 Å². The fraction of sp³-hybridized carbons (Fsp3) is 0.600. The Bertz CT molecular complexity index is 703. The smallest absolute Gasteiger partial charge is 0.288 e. The Morgan fingerprint density at radius 3 is 2.48 bits per heavy atom. The van der Waals surface area contributed by atoms with Gasteiger partial charge >= 0.3 is 0 Å². The van der Waals surface area contributed by atoms with Crippen molar-refractivity contribution in [3.63, 3.8) is 0 Å². The maximum Gasteiger partial charge on any atom is 0.288 e. The van der Waals surface area contributed by atoms with Crippen molar-refractivity contribution in [2.75, 3.05) is 24.7 Å². The SMILES string of the molecule is CC1CN(C(C)C)CC1Nc1ccc([N+](=O)[O-])c(S(C)(=O)=O)c1. The van der Waals surface area contributed by atoms with Gasteiger partial charge in [-0.15, -0.1) is 0 Å². The van der Waals surface area contributed by atoms with E-state index in [1.54, 1.807) is 6.07 Å². The van der Waals surface area contributed by atoms with Crippen LogP contribution in [0.5, 0.6) is 0 Å². The molecule has 23 heavy (non-hydrogen) atoms. The van der Waals surface area contributed by atoms with Crippen LogP contribution in [0.15, 0.2) is 23.1 Å². The average Bonchev–Trinajstić information content (AvgIpc) is 2.79. The predicted molar refractivity (Wildman–Crippen MR) is 89.5 cm³/mol. The summed E-state index contributed by atoms with van der Waals surface area (Å²) >= 11 is 0. The minimum atomic E-state index is -3.66. The van der Waals surface area contributed by atoms with Gasteiger partial charge in [-0.25, -0.2) is 8.42 Å². The van der Waals surface area contributed by atoms with Crippen molar-refractivity contribution in [2.45, 2.75) is 37.8 Å². The molecule has 0 aliphatic carbocycles. The van der Waals surface area contributed by atoms with Crippen LogP contribution in [0.4, 0.5) is 11.4 Å². The fourth-order valence-electron chi connectivity index (χ4n) is 2.88. The number of benzene rings is 1. The topological polar surface area (TPSA) is 92.5 Å². The normalized spacial score (nSPS) is 22.5. The van der Waals surface area contributed by atoms with Crippen LogP contribution < -0.4 is 5.32 Å². The number of nitrogens with one attached hydrogen (secondary N) is 1. The monoisotopic (exact) mass is 341 g/mol. The number of nitro benzene ring substituents is 1. The number of sulfone groups is 1. The van der Waals surface area contributed by atoms with Gasteiger partial charge in [0.15, 0.2) is 9.84 Å². The summed E-state index contributed by atoms with van der Waals surface area (Å²) in [4.78, 5) is 12.4. The fourth-order valence-corrected chi connectivity index (χ4v) is 3.74. The molecule has 1 aliphatic rings. The molecule has 7 nitrogen and oxygen atoms in total. The van der Waals surface area contributed by atoms with Crippen molar-refractivity contribution < 1.29 is 13.3 Å². The van der Waals surface area contributed by atoms with E-state index in [-0.39, 0.29) is 16.6 Å². The minimum absolute atomic E-state index is 0.186. The molecule has 1 aromatic rings. The Hall–Kier alpha value is -1.67. The molecular formula is C15H23N3O4S. The molecule has 2 rings (SSSR count). The summed E-state index contributed by atoms with van der Waals surface area (Å²) in [5.41, 5.74) is 0.208. The van der Waals surface area contributed by atoms with Crippen molar-refractivity contribution in [3.05, 3.63) is 28.3 Å². The molecule has 2 atom stereocenters. The van der Waals surface area contributed by atoms with Crippen molar-refractivity contribution in [3.8, 4) is 0 Å². The summed E-state index contributed by atoms with van der Waals surface area (Å²) in [5, 5.41) is 14.3. The van der Waals surface area contributed by atoms with E-state index in [1.807, 2.05) is 0 Å². The van der Waals surface area contributed by atoms with Gasteiger partial charge in [0.2, 0.25) is 0 Å². The van der Waals surface area contributed by atoms with Gasteiger partial charge in [-0.1, -0.05) is 6.92 Å². The van der Waals surface area contributed by atoms with Gasteiger partial charge in [0.05, 0.1) is 4.92 Å². The first-order valence-corrected chi connectivity index (χ1v) is 9.48. The van der Waals surface area contributed by atoms with Gasteiger partial charge in [0.1, 0.15) is 4.90 Å². The quantitative estimate of drug-likeness (QED) is 0.651. The highest BCUT2D eigenvalue weighted by molar-refractivity contribution is 7.90. The molecule has 8 heteroatoms. The third kappa shape index (κ3) is 4.00. The minimum Gasteiger partial charge on any atom is -0.381 e. The second kappa shape index (κ2) is 6.45. The molecule has 1 saturated heterocycles. The lowest BCUT2D eigenvalue weighted by Crippen LogP contribution is -2.31. The lowest BCUT2D eigenvalue weighted by Gasteiger charge is -2.21. The lowest BCUT2D eigenvalue weighted by atomic mass is 10.1. The summed E-state index contributed by atoms with van der Waals surface area (Å²) in [5.74, 6) is 0.411. The van der Waals surface area contributed by atoms with Gasteiger partial charge in [-0.2, -0.15) is 0 Å². The van der Waals surface area contributed by atoms with Crippen LogP contribution in [-0.4, -0.2) is 49.7 Å². The lowest BCUT2D eigenvalue weighted by molar-refractivity contribution is -0.387. The molecule has 0 radical (unpaired) electrons. The highest BCUT2D eigenvalue weighted by Crippen LogP contribution is 2.29. The van der Waals surface area contributed by atoms with Crippen LogP contribution in [0.1, 0.15) is 20.8 Å². The van der Waals surface area contributed by atoms with E-state index in [0.717, 1.165) is 19.3 Å². The Balaban J connectivity index is 2.27. The number of likely N-dealkylation sites (tertiary alicyclic amines) is 1. The Morgan fingerprint density at radius 2 is 2.00 bits per heavy atom. The number of hydrogen-bond donors (Lipinski definition) is 1. The standard InChI is InChI=1S/C15H23N3O4S/c1-10(2)17-8-11(3)13(9-17)16-12-5-6-14(18(19)20)15(7-12)23(4,21)22/h5-7,10-11,13,16H,8-9H2,1-4H3. The van der Waals surface area contributed by atoms with Gasteiger partial charge in [-0.3, -0.25) is 15.0 Å². The molecule has 128 valence electrons. The van der Waals surface area contributed by atoms with Gasteiger partial charge < -0.3 is 5.32 Å². The number of rotatable bonds is 5. The first-order chi connectivity index (χ1) is 10.6. The Kier molecular flexibility index (Phi) is 4.95. The van der Waals surface area contributed by atoms with Crippen molar-refractivity contribution in [2.24, 2.45) is 5.92 Å². The van der Waals surface area contributed by atoms with Gasteiger partial charge in [-0.05, 0) is 31.9 Å². The van der Waals surface area contributed by atoms with Crippen molar-refractivity contribution in [1.82, 2.24) is 4.90 Å². The first-order valence-electron chi connectivity index (χ1n) is 7.58. The highest BCUT2D eigenvalue weighted by Gasteiger charge is 2.31. The second-order valence-corrected chi connectivity index (χ2v) is 8.47. The summed E-state index contributed by atoms with van der Waals surface area (Å²) in [6.45, 7) is 8.26. The van der Waals surface area contributed by atoms with E-state index in [4.69, 9.17) is 0 Å². The number of anilines is 1. The van der Waals surface area contributed by atoms with Gasteiger partial charge in [0.25, 0.3) is 5.69 Å². The van der Waals surface area contributed by atoms with E-state index in [9.17, 15) is 18.5 Å². The molecule has 1 N–H and O–H groups in total. The Labute approximate surface area is 136 Å². The van der Waals surface area contributed by atoms with Gasteiger partial charge in [0, 0.05) is 43.2 Å². The predicted octanol–water partition coefficient (Wildman–Crippen LogP) is 2.14. The summed E-state index contributed by atoms with van der Waals surface area (Å²) in [6, 6.07) is 4.81. The molecular weight excluding hydrogens is 318 g/mol. The van der Waals surface area contributed by atoms with Crippen LogP contribution in [-0.2, 0) is 9.84 Å². The summed E-state index contributed by atoms with van der Waals surface area (Å²) in [6.07, 6.45) is 0.984. The number of hydrogen-bond acceptors (Lipinski definition) is 6. The zero-order valence-electron chi connectivity index (χ0n) is 13.8. The highest BCUT2D eigenvalue weighted by atomic mass is 32.2. The molecule has 0 spiro atoms. The second-order valence-electron chi connectivity index (χ2n) is 6.49. The van der Waals surface area contributed by atoms with Crippen LogP contribution in [0.3, 0.4) is 0 Å². The van der Waals surface area contributed by atoms with E-state index in [1.165, 1.54) is 12.1 Å². The molecule has 1 aromatic carbocycles. The summed E-state index contributed by atoms with van der Waals surface area (Å²) in [7, 11) is -3.66. The van der Waals surface area contributed by atoms with Crippen molar-refractivity contribution >= 4 is 21.2 Å². The van der Waals surface area contributed by atoms with Crippen LogP contribution in [0, 0.1) is 16.0 Å². The zero-order valence-corrected chi connectivity index (χ0v) is 14.6. The number of nitrogens with zero attached hydrogens (tertiary/aromatic N) is 2. The van der Waals surface area contributed by atoms with E-state index < -0.39 is 14.8 Å². The van der Waals surface area contributed by atoms with Crippen LogP contribution in [0.25, 0.3) is 0 Å². The molecule has 1 heterocycles. The molecule has 0 amide bonds. The van der Waals surface area contributed by atoms with E-state index >= 15 is 0 Å². The third-order valence-electron chi connectivity index (χ3n) is 4.28. The summed E-state index contributed by atoms with van der Waals surface area (Å²) < 4.78 is 23.6. The molecule has 1 fully saturated rings. The largest absolute Gasteiger partial charge is 0.381 e. The van der Waals surface area contributed by atoms with Crippen LogP contribution >= 0.6 is 0 Å². The molecule has 0 bridgehead atoms. The maximum atomic E-state index is 11.8. The third-order valence-corrected chi connectivity index (χ3v) is 5.40. The maximum absolute atomic E-state index is 11.8. The molecule has 2 unspecified atom stereocenters. The first kappa shape index (κ1) is 17.7. The Morgan fingerprint density at radius 1 is 1.35 bits per heavy atom. The molecule has 0 saturated carbocycles. The zero-order chi connectivity index (χ0) is 17.4. The number of nitro groups is 1.